The molecule has 458 valence electrons. The van der Waals surface area contributed by atoms with Gasteiger partial charge in [0.05, 0.1) is 6.33 Å². The van der Waals surface area contributed by atoms with Gasteiger partial charge in [-0.25, -0.2) is 14.6 Å². The summed E-state index contributed by atoms with van der Waals surface area (Å²) in [5, 5.41) is 29.7. The number of aromatic hydroxyl groups is 1. The van der Waals surface area contributed by atoms with Gasteiger partial charge < -0.3 is 66.6 Å². The van der Waals surface area contributed by atoms with E-state index in [2.05, 4.69) is 47.2 Å². The van der Waals surface area contributed by atoms with Gasteiger partial charge in [0.2, 0.25) is 47.3 Å². The molecular weight excluding hydrogens is 1090 g/mol. The van der Waals surface area contributed by atoms with E-state index in [1.165, 1.54) is 48.7 Å². The monoisotopic (exact) mass is 1180 g/mol. The molecule has 0 spiro atoms. The third-order valence-electron chi connectivity index (χ3n) is 14.9. The Hall–Kier alpha value is -8.83. The number of rotatable bonds is 14. The van der Waals surface area contributed by atoms with Crippen molar-refractivity contribution in [3.63, 3.8) is 0 Å². The molecule has 3 heterocycles. The Balaban J connectivity index is 1.26. The Bertz CT molecular complexity index is 2840. The number of hydrogen-bond donors (Lipinski definition) is 9. The van der Waals surface area contributed by atoms with Crippen LogP contribution in [-0.2, 0) is 78.7 Å². The lowest BCUT2D eigenvalue weighted by Gasteiger charge is -2.32. The lowest BCUT2D eigenvalue weighted by molar-refractivity contribution is -0.150. The number of H-pyrrole nitrogens is 1. The van der Waals surface area contributed by atoms with Crippen LogP contribution in [0.15, 0.2) is 97.5 Å². The molecule has 0 unspecified atom stereocenters. The van der Waals surface area contributed by atoms with Crippen LogP contribution in [0.3, 0.4) is 0 Å². The molecule has 0 radical (unpaired) electrons. The van der Waals surface area contributed by atoms with Crippen LogP contribution in [0.2, 0.25) is 0 Å². The molecule has 6 rings (SSSR count). The van der Waals surface area contributed by atoms with Crippen LogP contribution < -0.4 is 37.2 Å². The highest BCUT2D eigenvalue weighted by molar-refractivity contribution is 5.97. The maximum atomic E-state index is 14.9. The molecule has 9 N–H and O–H groups in total. The van der Waals surface area contributed by atoms with Crippen molar-refractivity contribution >= 4 is 59.3 Å². The average molecular weight is 1180 g/mol. The van der Waals surface area contributed by atoms with Crippen molar-refractivity contribution in [3.8, 4) is 5.75 Å². The van der Waals surface area contributed by atoms with E-state index in [9.17, 15) is 53.1 Å². The number of aromatic amines is 1. The van der Waals surface area contributed by atoms with Gasteiger partial charge in [-0.2, -0.15) is 0 Å². The molecule has 2 aliphatic rings. The van der Waals surface area contributed by atoms with E-state index in [0.717, 1.165) is 10.5 Å². The van der Waals surface area contributed by atoms with Crippen LogP contribution in [0.4, 0.5) is 4.79 Å². The number of likely N-dealkylation sites (N-methyl/N-ethyl adjacent to an activating group) is 1. The van der Waals surface area contributed by atoms with Crippen molar-refractivity contribution < 1.29 is 62.5 Å². The van der Waals surface area contributed by atoms with Gasteiger partial charge in [0.1, 0.15) is 61.8 Å². The van der Waals surface area contributed by atoms with Gasteiger partial charge in [0.15, 0.2) is 0 Å². The summed E-state index contributed by atoms with van der Waals surface area (Å²) < 4.78 is 11.1. The molecule has 2 aliphatic heterocycles. The number of esters is 1. The molecule has 4 aromatic rings. The fraction of sp³-hybridized carbons (Fsp3) is 0.492. The minimum absolute atomic E-state index is 0.0418. The number of nitrogens with one attached hydrogen (secondary N) is 8. The first-order valence-corrected chi connectivity index (χ1v) is 29.2. The number of ether oxygens (including phenoxy) is 2. The second kappa shape index (κ2) is 34.1. The standard InChI is InChI=1S/C61H81N11O13/c1-4-40(2)54-58(80)69-49(34-44-35-62-39-65-44)59(81)72-32-16-22-50(72)57(79)67-47(60(82)84-37-42-17-8-5-9-18-42)21-13-15-31-63-51(74)23-12-7-14-30-64-52(75)29-28-46(55(77)68-48(56(78)70-54)33-41-24-26-45(73)27-25-41)66-53(76)36-71(3)61(83)85-38-43-19-10-6-11-20-43/h5-6,8-11,17-20,24-27,35,39-40,46-50,54,73H,4,7,12-16,21-23,28-34,36-38H2,1-3H3,(H,62,65)(H,63,74)(H,64,75)(H,66,76)(H,67,79)(H,68,77)(H,69,80)(H,70,78)/t40-,46-,47-,48-,49-,50-,54-/m0/s1. The van der Waals surface area contributed by atoms with Crippen molar-refractivity contribution in [1.82, 2.24) is 57.0 Å². The topological polar surface area (TPSA) is 329 Å². The zero-order valence-corrected chi connectivity index (χ0v) is 48.6. The number of benzene rings is 3. The predicted molar refractivity (Wildman–Crippen MR) is 311 cm³/mol. The van der Waals surface area contributed by atoms with Gasteiger partial charge >= 0.3 is 12.1 Å². The van der Waals surface area contributed by atoms with E-state index in [-0.39, 0.29) is 82.9 Å². The van der Waals surface area contributed by atoms with E-state index in [0.29, 0.717) is 68.3 Å². The molecule has 24 nitrogen and oxygen atoms in total. The second-order valence-electron chi connectivity index (χ2n) is 21.6. The van der Waals surface area contributed by atoms with Gasteiger partial charge in [-0.3, -0.25) is 38.4 Å². The molecule has 3 aromatic carbocycles. The van der Waals surface area contributed by atoms with Crippen molar-refractivity contribution in [1.29, 1.82) is 0 Å². The molecule has 2 saturated heterocycles. The summed E-state index contributed by atoms with van der Waals surface area (Å²) in [7, 11) is 1.34. The summed E-state index contributed by atoms with van der Waals surface area (Å²) in [5.74, 6) is -6.40. The van der Waals surface area contributed by atoms with Crippen LogP contribution in [0, 0.1) is 5.92 Å². The number of carbonyl (C=O) groups excluding carboxylic acids is 10. The summed E-state index contributed by atoms with van der Waals surface area (Å²) in [4.78, 5) is 149. The Morgan fingerprint density at radius 1 is 0.682 bits per heavy atom. The van der Waals surface area contributed by atoms with Gasteiger partial charge in [-0.15, -0.1) is 0 Å². The third kappa shape index (κ3) is 21.7. The number of aromatic nitrogens is 2. The molecule has 9 amide bonds. The van der Waals surface area contributed by atoms with E-state index < -0.39 is 102 Å². The van der Waals surface area contributed by atoms with Crippen LogP contribution >= 0.6 is 0 Å². The van der Waals surface area contributed by atoms with Crippen molar-refractivity contribution in [3.05, 3.63) is 120 Å². The molecule has 7 atom stereocenters. The molecule has 85 heavy (non-hydrogen) atoms. The van der Waals surface area contributed by atoms with E-state index >= 15 is 0 Å². The summed E-state index contributed by atoms with van der Waals surface area (Å²) in [6, 6.07) is 16.2. The first-order chi connectivity index (χ1) is 41.0. The number of nitrogens with zero attached hydrogens (tertiary/aromatic N) is 3. The Labute approximate surface area is 495 Å². The van der Waals surface area contributed by atoms with Crippen molar-refractivity contribution in [2.45, 2.75) is 153 Å². The average Bonchev–Trinajstić information content (AvgIpc) is 4.44. The van der Waals surface area contributed by atoms with Gasteiger partial charge in [0, 0.05) is 64.3 Å². The second-order valence-corrected chi connectivity index (χ2v) is 21.6. The normalized spacial score (nSPS) is 21.8. The van der Waals surface area contributed by atoms with Gasteiger partial charge in [-0.1, -0.05) is 99.5 Å². The van der Waals surface area contributed by atoms with Crippen molar-refractivity contribution in [2.24, 2.45) is 5.92 Å². The highest BCUT2D eigenvalue weighted by Crippen LogP contribution is 2.22. The van der Waals surface area contributed by atoms with Gasteiger partial charge in [0.25, 0.3) is 0 Å². The summed E-state index contributed by atoms with van der Waals surface area (Å²) in [5.41, 5.74) is 2.41. The van der Waals surface area contributed by atoms with Crippen LogP contribution in [0.1, 0.15) is 113 Å². The lowest BCUT2D eigenvalue weighted by Crippen LogP contribution is -2.61. The molecule has 1 aromatic heterocycles. The molecule has 24 heteroatoms. The predicted octanol–water partition coefficient (Wildman–Crippen LogP) is 3.13. The number of imidazole rings is 1. The number of hydrogen-bond acceptors (Lipinski definition) is 14. The Morgan fingerprint density at radius 2 is 1.33 bits per heavy atom. The molecular formula is C61H81N11O13. The molecule has 0 bridgehead atoms. The SMILES string of the molecule is CC[C@H](C)[C@@H]1NC(=O)[C@H](Cc2ccc(O)cc2)NC(=O)[C@@H](NC(=O)CN(C)C(=O)OCc2ccccc2)CCC(=O)NCCCCCC(=O)NCCCC[C@@H](C(=O)OCc2ccccc2)NC(=O)[C@@H]2CCCN2C(=O)[C@H](Cc2cnc[nH]2)NC1=O. The molecule has 0 saturated carbocycles. The number of carbonyl (C=O) groups is 10. The van der Waals surface area contributed by atoms with E-state index in [4.69, 9.17) is 9.47 Å². The fourth-order valence-corrected chi connectivity index (χ4v) is 9.82. The first kappa shape index (κ1) is 65.3. The summed E-state index contributed by atoms with van der Waals surface area (Å²) in [6.45, 7) is 3.57. The maximum absolute atomic E-state index is 14.9. The van der Waals surface area contributed by atoms with Crippen LogP contribution in [0.5, 0.6) is 5.75 Å². The smallest absolute Gasteiger partial charge is 0.410 e. The quantitative estimate of drug-likeness (QED) is 0.0820. The Morgan fingerprint density at radius 3 is 1.99 bits per heavy atom. The Kier molecular flexibility index (Phi) is 26.2. The summed E-state index contributed by atoms with van der Waals surface area (Å²) in [6.07, 6.45) is 5.26. The number of phenolic OH excluding ortho intramolecular Hbond substituents is 1. The summed E-state index contributed by atoms with van der Waals surface area (Å²) >= 11 is 0. The lowest BCUT2D eigenvalue weighted by atomic mass is 9.96. The maximum Gasteiger partial charge on any atom is 0.410 e. The van der Waals surface area contributed by atoms with E-state index in [1.807, 2.05) is 24.3 Å². The van der Waals surface area contributed by atoms with Gasteiger partial charge in [-0.05, 0) is 86.1 Å². The van der Waals surface area contributed by atoms with Crippen LogP contribution in [-0.4, -0.2) is 154 Å². The zero-order valence-electron chi connectivity index (χ0n) is 48.6. The largest absolute Gasteiger partial charge is 0.508 e. The van der Waals surface area contributed by atoms with Crippen LogP contribution in [0.25, 0.3) is 0 Å². The number of amides is 9. The van der Waals surface area contributed by atoms with E-state index in [1.54, 1.807) is 50.2 Å². The molecule has 0 aliphatic carbocycles. The number of phenols is 1. The fourth-order valence-electron chi connectivity index (χ4n) is 9.82. The minimum Gasteiger partial charge on any atom is -0.508 e. The molecule has 2 fully saturated rings. The highest BCUT2D eigenvalue weighted by atomic mass is 16.6. The number of fused-ring (bicyclic) bond motifs is 1. The first-order valence-electron chi connectivity index (χ1n) is 29.2. The third-order valence-corrected chi connectivity index (χ3v) is 14.9. The minimum atomic E-state index is -1.45. The highest BCUT2D eigenvalue weighted by Gasteiger charge is 2.41. The zero-order chi connectivity index (χ0) is 61.1. The van der Waals surface area contributed by atoms with Crippen molar-refractivity contribution in [2.75, 3.05) is 33.2 Å².